The number of amidine groups is 1. The third kappa shape index (κ3) is 5.76. The van der Waals surface area contributed by atoms with Crippen LogP contribution in [0.15, 0.2) is 60.9 Å². The highest BCUT2D eigenvalue weighted by atomic mass is 16.5. The molecule has 0 saturated heterocycles. The van der Waals surface area contributed by atoms with Crippen LogP contribution in [0.4, 0.5) is 0 Å². The third-order valence-electron chi connectivity index (χ3n) is 4.58. The van der Waals surface area contributed by atoms with E-state index in [2.05, 4.69) is 34.7 Å². The van der Waals surface area contributed by atoms with Gasteiger partial charge in [0.1, 0.15) is 5.84 Å². The average molecular weight is 391 g/mol. The van der Waals surface area contributed by atoms with Crippen LogP contribution in [0.2, 0.25) is 0 Å². The summed E-state index contributed by atoms with van der Waals surface area (Å²) in [5, 5.41) is 14.6. The van der Waals surface area contributed by atoms with E-state index in [0.717, 1.165) is 17.5 Å². The van der Waals surface area contributed by atoms with Gasteiger partial charge in [-0.2, -0.15) is 5.10 Å². The van der Waals surface area contributed by atoms with Gasteiger partial charge in [0, 0.05) is 25.4 Å². The number of ether oxygens (including phenoxy) is 1. The van der Waals surface area contributed by atoms with Crippen molar-refractivity contribution in [2.24, 2.45) is 5.73 Å². The molecule has 0 spiro atoms. The van der Waals surface area contributed by atoms with Gasteiger partial charge in [-0.3, -0.25) is 14.9 Å². The fourth-order valence-electron chi connectivity index (χ4n) is 2.87. The van der Waals surface area contributed by atoms with Crippen LogP contribution in [0.3, 0.4) is 0 Å². The zero-order valence-corrected chi connectivity index (χ0v) is 16.4. The minimum absolute atomic E-state index is 0.0256. The van der Waals surface area contributed by atoms with Gasteiger partial charge in [0.05, 0.1) is 24.9 Å². The molecule has 1 heterocycles. The summed E-state index contributed by atoms with van der Waals surface area (Å²) in [6.45, 7) is 1.70. The van der Waals surface area contributed by atoms with Crippen molar-refractivity contribution >= 4 is 11.7 Å². The van der Waals surface area contributed by atoms with E-state index >= 15 is 0 Å². The molecule has 2 aromatic carbocycles. The zero-order chi connectivity index (χ0) is 20.6. The molecule has 0 aliphatic heterocycles. The smallest absolute Gasteiger partial charge is 0.254 e. The number of carbonyl (C=O) groups is 1. The van der Waals surface area contributed by atoms with Crippen LogP contribution in [-0.4, -0.2) is 35.2 Å². The fourth-order valence-corrected chi connectivity index (χ4v) is 2.87. The summed E-state index contributed by atoms with van der Waals surface area (Å²) in [7, 11) is 1.70. The van der Waals surface area contributed by atoms with Crippen LogP contribution < -0.4 is 11.1 Å². The van der Waals surface area contributed by atoms with Gasteiger partial charge in [0.15, 0.2) is 0 Å². The first kappa shape index (κ1) is 20.3. The monoisotopic (exact) mass is 391 g/mol. The number of carbonyl (C=O) groups excluding carboxylic acids is 1. The summed E-state index contributed by atoms with van der Waals surface area (Å²) in [5.74, 6) is -0.153. The minimum atomic E-state index is -0.179. The van der Waals surface area contributed by atoms with Crippen LogP contribution >= 0.6 is 0 Å². The maximum absolute atomic E-state index is 12.4. The molecule has 150 valence electrons. The van der Waals surface area contributed by atoms with Gasteiger partial charge in [-0.05, 0) is 23.1 Å². The number of hydrogen-bond donors (Lipinski definition) is 3. The zero-order valence-electron chi connectivity index (χ0n) is 16.4. The van der Waals surface area contributed by atoms with Crippen molar-refractivity contribution in [1.29, 1.82) is 5.41 Å². The van der Waals surface area contributed by atoms with Crippen LogP contribution in [0.25, 0.3) is 0 Å². The van der Waals surface area contributed by atoms with Crippen molar-refractivity contribution in [3.05, 3.63) is 88.7 Å². The SMILES string of the molecule is COCCc1ccc(Cn2cc(C(=O)NCc3ccc(C(=N)N)cc3)cn2)cc1. The first-order valence-corrected chi connectivity index (χ1v) is 9.36. The Balaban J connectivity index is 1.53. The van der Waals surface area contributed by atoms with Gasteiger partial charge in [-0.25, -0.2) is 0 Å². The number of nitrogens with two attached hydrogens (primary N) is 1. The lowest BCUT2D eigenvalue weighted by Gasteiger charge is -2.05. The number of nitrogens with zero attached hydrogens (tertiary/aromatic N) is 2. The molecule has 0 aliphatic rings. The molecular formula is C22H25N5O2. The number of nitrogens with one attached hydrogen (secondary N) is 2. The Hall–Kier alpha value is -3.45. The number of aromatic nitrogens is 2. The molecule has 7 heteroatoms. The highest BCUT2D eigenvalue weighted by Crippen LogP contribution is 2.09. The summed E-state index contributed by atoms with van der Waals surface area (Å²) >= 11 is 0. The molecule has 0 atom stereocenters. The summed E-state index contributed by atoms with van der Waals surface area (Å²) in [4.78, 5) is 12.4. The van der Waals surface area contributed by atoms with Crippen LogP contribution in [-0.2, 0) is 24.2 Å². The molecular weight excluding hydrogens is 366 g/mol. The maximum atomic E-state index is 12.4. The highest BCUT2D eigenvalue weighted by molar-refractivity contribution is 5.95. The van der Waals surface area contributed by atoms with E-state index in [1.54, 1.807) is 36.3 Å². The van der Waals surface area contributed by atoms with Crippen molar-refractivity contribution < 1.29 is 9.53 Å². The number of rotatable bonds is 9. The van der Waals surface area contributed by atoms with E-state index in [-0.39, 0.29) is 11.7 Å². The van der Waals surface area contributed by atoms with Gasteiger partial charge >= 0.3 is 0 Å². The second-order valence-electron chi connectivity index (χ2n) is 6.78. The Labute approximate surface area is 170 Å². The van der Waals surface area contributed by atoms with Crippen molar-refractivity contribution in [2.75, 3.05) is 13.7 Å². The lowest BCUT2D eigenvalue weighted by Crippen LogP contribution is -2.22. The van der Waals surface area contributed by atoms with E-state index in [0.29, 0.717) is 30.8 Å². The standard InChI is InChI=1S/C22H25N5O2/c1-29-11-10-16-2-4-18(5-3-16)14-27-15-20(13-26-27)22(28)25-12-17-6-8-19(9-7-17)21(23)24/h2-9,13,15H,10-12,14H2,1H3,(H3,23,24)(H,25,28). The molecule has 3 aromatic rings. The van der Waals surface area contributed by atoms with Gasteiger partial charge in [0.25, 0.3) is 5.91 Å². The number of methoxy groups -OCH3 is 1. The Morgan fingerprint density at radius 1 is 1.07 bits per heavy atom. The second kappa shape index (κ2) is 9.66. The average Bonchev–Trinajstić information content (AvgIpc) is 3.20. The molecule has 0 fully saturated rings. The van der Waals surface area contributed by atoms with E-state index in [1.807, 2.05) is 12.1 Å². The lowest BCUT2D eigenvalue weighted by atomic mass is 10.1. The van der Waals surface area contributed by atoms with Gasteiger partial charge < -0.3 is 15.8 Å². The van der Waals surface area contributed by atoms with Crippen LogP contribution in [0, 0.1) is 5.41 Å². The number of amides is 1. The molecule has 0 bridgehead atoms. The predicted molar refractivity (Wildman–Crippen MR) is 112 cm³/mol. The second-order valence-corrected chi connectivity index (χ2v) is 6.78. The molecule has 0 radical (unpaired) electrons. The van der Waals surface area contributed by atoms with Gasteiger partial charge in [-0.15, -0.1) is 0 Å². The summed E-state index contributed by atoms with van der Waals surface area (Å²) < 4.78 is 6.84. The Morgan fingerprint density at radius 2 is 1.72 bits per heavy atom. The quantitative estimate of drug-likeness (QED) is 0.384. The molecule has 4 N–H and O–H groups in total. The molecule has 7 nitrogen and oxygen atoms in total. The molecule has 29 heavy (non-hydrogen) atoms. The Kier molecular flexibility index (Phi) is 6.76. The van der Waals surface area contributed by atoms with E-state index in [4.69, 9.17) is 15.9 Å². The number of nitrogen functional groups attached to an aromatic ring is 1. The van der Waals surface area contributed by atoms with Crippen molar-refractivity contribution in [2.45, 2.75) is 19.5 Å². The van der Waals surface area contributed by atoms with Crippen molar-refractivity contribution in [3.8, 4) is 0 Å². The van der Waals surface area contributed by atoms with Crippen molar-refractivity contribution in [3.63, 3.8) is 0 Å². The van der Waals surface area contributed by atoms with Crippen LogP contribution in [0.5, 0.6) is 0 Å². The first-order chi connectivity index (χ1) is 14.0. The molecule has 0 saturated carbocycles. The summed E-state index contributed by atoms with van der Waals surface area (Å²) in [5.41, 5.74) is 9.90. The summed E-state index contributed by atoms with van der Waals surface area (Å²) in [6.07, 6.45) is 4.20. The largest absolute Gasteiger partial charge is 0.384 e. The Morgan fingerprint density at radius 3 is 2.38 bits per heavy atom. The normalized spacial score (nSPS) is 10.7. The van der Waals surface area contributed by atoms with Gasteiger partial charge in [-0.1, -0.05) is 48.5 Å². The number of benzene rings is 2. The van der Waals surface area contributed by atoms with Crippen molar-refractivity contribution in [1.82, 2.24) is 15.1 Å². The highest BCUT2D eigenvalue weighted by Gasteiger charge is 2.09. The van der Waals surface area contributed by atoms with E-state index in [1.165, 1.54) is 5.56 Å². The molecule has 0 unspecified atom stereocenters. The van der Waals surface area contributed by atoms with E-state index in [9.17, 15) is 4.79 Å². The topological polar surface area (TPSA) is 106 Å². The number of hydrogen-bond acceptors (Lipinski definition) is 4. The third-order valence-corrected chi connectivity index (χ3v) is 4.58. The van der Waals surface area contributed by atoms with E-state index < -0.39 is 0 Å². The first-order valence-electron chi connectivity index (χ1n) is 9.36. The summed E-state index contributed by atoms with van der Waals surface area (Å²) in [6, 6.07) is 15.5. The molecule has 1 aromatic heterocycles. The maximum Gasteiger partial charge on any atom is 0.254 e. The predicted octanol–water partition coefficient (Wildman–Crippen LogP) is 2.33. The fraction of sp³-hybridized carbons (Fsp3) is 0.227. The van der Waals surface area contributed by atoms with Gasteiger partial charge in [0.2, 0.25) is 0 Å². The minimum Gasteiger partial charge on any atom is -0.384 e. The molecule has 0 aliphatic carbocycles. The molecule has 3 rings (SSSR count). The lowest BCUT2D eigenvalue weighted by molar-refractivity contribution is 0.0951. The van der Waals surface area contributed by atoms with Crippen LogP contribution in [0.1, 0.15) is 32.6 Å². The molecule has 1 amide bonds. The Bertz CT molecular complexity index is 962.